The molecule has 1 atom stereocenters. The highest BCUT2D eigenvalue weighted by atomic mass is 16.6. The molecule has 0 fully saturated rings. The van der Waals surface area contributed by atoms with Gasteiger partial charge in [0.25, 0.3) is 0 Å². The summed E-state index contributed by atoms with van der Waals surface area (Å²) in [5.41, 5.74) is 0. The van der Waals surface area contributed by atoms with Gasteiger partial charge in [0, 0.05) is 19.3 Å². The van der Waals surface area contributed by atoms with Crippen molar-refractivity contribution >= 4 is 17.9 Å². The molecule has 0 aliphatic rings. The van der Waals surface area contributed by atoms with Gasteiger partial charge in [-0.05, 0) is 89.9 Å². The molecule has 0 radical (unpaired) electrons. The fraction of sp³-hybridized carbons (Fsp3) is 0.730. The molecular formula is C63H108O6. The summed E-state index contributed by atoms with van der Waals surface area (Å²) in [6.45, 7) is 6.47. The van der Waals surface area contributed by atoms with Gasteiger partial charge in [0.15, 0.2) is 6.10 Å². The van der Waals surface area contributed by atoms with Crippen molar-refractivity contribution in [1.29, 1.82) is 0 Å². The lowest BCUT2D eigenvalue weighted by Gasteiger charge is -2.18. The number of esters is 3. The Balaban J connectivity index is 4.46. The van der Waals surface area contributed by atoms with Gasteiger partial charge in [0.05, 0.1) is 0 Å². The van der Waals surface area contributed by atoms with Crippen LogP contribution in [0.3, 0.4) is 0 Å². The average Bonchev–Trinajstić information content (AvgIpc) is 3.35. The topological polar surface area (TPSA) is 78.9 Å². The Labute approximate surface area is 426 Å². The molecule has 0 bridgehead atoms. The number of unbranched alkanes of at least 4 members (excludes halogenated alkanes) is 27. The zero-order chi connectivity index (χ0) is 50.0. The summed E-state index contributed by atoms with van der Waals surface area (Å²) < 4.78 is 16.8. The van der Waals surface area contributed by atoms with Gasteiger partial charge < -0.3 is 14.2 Å². The zero-order valence-corrected chi connectivity index (χ0v) is 45.3. The van der Waals surface area contributed by atoms with Crippen molar-refractivity contribution in [2.45, 2.75) is 284 Å². The molecule has 69 heavy (non-hydrogen) atoms. The van der Waals surface area contributed by atoms with E-state index in [0.717, 1.165) is 89.9 Å². The number of hydrogen-bond acceptors (Lipinski definition) is 6. The lowest BCUT2D eigenvalue weighted by Crippen LogP contribution is -2.30. The summed E-state index contributed by atoms with van der Waals surface area (Å²) in [7, 11) is 0. The highest BCUT2D eigenvalue weighted by Crippen LogP contribution is 2.16. The highest BCUT2D eigenvalue weighted by molar-refractivity contribution is 5.71. The lowest BCUT2D eigenvalue weighted by atomic mass is 10.0. The minimum Gasteiger partial charge on any atom is -0.462 e. The summed E-state index contributed by atoms with van der Waals surface area (Å²) in [6.07, 6.45) is 74.3. The molecule has 6 nitrogen and oxygen atoms in total. The van der Waals surface area contributed by atoms with E-state index in [9.17, 15) is 14.4 Å². The van der Waals surface area contributed by atoms with Crippen LogP contribution in [0.2, 0.25) is 0 Å². The van der Waals surface area contributed by atoms with Crippen LogP contribution >= 0.6 is 0 Å². The Kier molecular flexibility index (Phi) is 54.3. The number of allylic oxidation sites excluding steroid dienone is 14. The SMILES string of the molecule is CC/C=C\C/C=C\C/C=C\C/C=C\C/C=C\CCCC(=O)OC[C@H](COC(=O)CCCCCCCCC/C=C\C/C=C\CCCCC)OC(=O)CCCCCCCCCCCCCCCCCCC. The first kappa shape index (κ1) is 65.6. The summed E-state index contributed by atoms with van der Waals surface area (Å²) in [6, 6.07) is 0. The maximum Gasteiger partial charge on any atom is 0.306 e. The number of rotatable bonds is 52. The summed E-state index contributed by atoms with van der Waals surface area (Å²) in [5.74, 6) is -0.955. The first-order valence-corrected chi connectivity index (χ1v) is 29.1. The van der Waals surface area contributed by atoms with E-state index in [4.69, 9.17) is 14.2 Å². The monoisotopic (exact) mass is 961 g/mol. The minimum absolute atomic E-state index is 0.0966. The fourth-order valence-corrected chi connectivity index (χ4v) is 8.04. The van der Waals surface area contributed by atoms with Crippen molar-refractivity contribution < 1.29 is 28.6 Å². The normalized spacial score (nSPS) is 12.7. The van der Waals surface area contributed by atoms with Gasteiger partial charge >= 0.3 is 17.9 Å². The van der Waals surface area contributed by atoms with Crippen molar-refractivity contribution in [1.82, 2.24) is 0 Å². The van der Waals surface area contributed by atoms with Crippen molar-refractivity contribution in [3.05, 3.63) is 85.1 Å². The van der Waals surface area contributed by atoms with E-state index in [1.807, 2.05) is 0 Å². The van der Waals surface area contributed by atoms with Crippen molar-refractivity contribution in [3.63, 3.8) is 0 Å². The van der Waals surface area contributed by atoms with Crippen LogP contribution in [0.5, 0.6) is 0 Å². The van der Waals surface area contributed by atoms with Gasteiger partial charge in [-0.1, -0.05) is 254 Å². The highest BCUT2D eigenvalue weighted by Gasteiger charge is 2.19. The molecule has 0 aromatic rings. The van der Waals surface area contributed by atoms with Crippen molar-refractivity contribution in [2.24, 2.45) is 0 Å². The average molecular weight is 962 g/mol. The van der Waals surface area contributed by atoms with Crippen LogP contribution in [0.1, 0.15) is 278 Å². The maximum atomic E-state index is 12.9. The van der Waals surface area contributed by atoms with Crippen LogP contribution in [0.25, 0.3) is 0 Å². The second kappa shape index (κ2) is 57.2. The first-order valence-electron chi connectivity index (χ1n) is 29.1. The largest absolute Gasteiger partial charge is 0.462 e. The van der Waals surface area contributed by atoms with Crippen LogP contribution in [0, 0.1) is 0 Å². The third-order valence-electron chi connectivity index (χ3n) is 12.4. The molecule has 0 aromatic heterocycles. The quantitative estimate of drug-likeness (QED) is 0.0262. The number of carbonyl (C=O) groups excluding carboxylic acids is 3. The molecule has 0 N–H and O–H groups in total. The molecule has 0 heterocycles. The Morgan fingerprint density at radius 1 is 0.304 bits per heavy atom. The van der Waals surface area contributed by atoms with Crippen LogP contribution < -0.4 is 0 Å². The van der Waals surface area contributed by atoms with E-state index in [1.54, 1.807) is 0 Å². The molecule has 0 rings (SSSR count). The van der Waals surface area contributed by atoms with Gasteiger partial charge in [0.2, 0.25) is 0 Å². The van der Waals surface area contributed by atoms with Crippen LogP contribution in [-0.2, 0) is 28.6 Å². The third kappa shape index (κ3) is 55.4. The maximum absolute atomic E-state index is 12.9. The van der Waals surface area contributed by atoms with Gasteiger partial charge in [-0.15, -0.1) is 0 Å². The predicted octanol–water partition coefficient (Wildman–Crippen LogP) is 19.5. The Hall–Kier alpha value is -3.41. The van der Waals surface area contributed by atoms with E-state index >= 15 is 0 Å². The van der Waals surface area contributed by atoms with E-state index in [1.165, 1.54) is 141 Å². The van der Waals surface area contributed by atoms with Crippen molar-refractivity contribution in [2.75, 3.05) is 13.2 Å². The summed E-state index contributed by atoms with van der Waals surface area (Å²) in [4.78, 5) is 38.2. The van der Waals surface area contributed by atoms with E-state index in [0.29, 0.717) is 19.3 Å². The minimum atomic E-state index is -0.802. The summed E-state index contributed by atoms with van der Waals surface area (Å²) >= 11 is 0. The van der Waals surface area contributed by atoms with Crippen LogP contribution in [0.4, 0.5) is 0 Å². The van der Waals surface area contributed by atoms with Gasteiger partial charge in [-0.3, -0.25) is 14.4 Å². The standard InChI is InChI=1S/C63H108O6/c1-4-7-10-13-16-19-22-25-28-31-34-37-40-43-46-49-52-55-61(64)67-58-60(69-63(66)57-54-51-48-45-42-39-36-33-30-27-24-21-18-15-12-9-6-3)59-68-62(65)56-53-50-47-44-41-38-35-32-29-26-23-20-17-14-11-8-5-2/h7,10,16-17,19-20,25-26,28-29,34,37,43,46,60H,4-6,8-9,11-15,18,21-24,27,30-33,35-36,38-42,44-45,47-59H2,1-3H3/b10-7-,19-16-,20-17-,28-25-,29-26-,37-34-,46-43-/t60-/m1/s1. The fourth-order valence-electron chi connectivity index (χ4n) is 8.04. The molecule has 0 unspecified atom stereocenters. The van der Waals surface area contributed by atoms with E-state index in [-0.39, 0.29) is 37.5 Å². The van der Waals surface area contributed by atoms with Gasteiger partial charge in [-0.25, -0.2) is 0 Å². The molecule has 0 amide bonds. The van der Waals surface area contributed by atoms with Crippen molar-refractivity contribution in [3.8, 4) is 0 Å². The van der Waals surface area contributed by atoms with Crippen LogP contribution in [0.15, 0.2) is 85.1 Å². The molecule has 0 aromatic carbocycles. The molecule has 6 heteroatoms. The van der Waals surface area contributed by atoms with Crippen LogP contribution in [-0.4, -0.2) is 37.2 Å². The molecule has 0 saturated heterocycles. The number of carbonyl (C=O) groups is 3. The second-order valence-electron chi connectivity index (χ2n) is 19.2. The summed E-state index contributed by atoms with van der Waals surface area (Å²) in [5, 5.41) is 0. The third-order valence-corrected chi connectivity index (χ3v) is 12.4. The molecule has 0 aliphatic heterocycles. The Morgan fingerprint density at radius 3 is 0.971 bits per heavy atom. The lowest BCUT2D eigenvalue weighted by molar-refractivity contribution is -0.167. The predicted molar refractivity (Wildman–Crippen MR) is 297 cm³/mol. The molecule has 0 saturated carbocycles. The van der Waals surface area contributed by atoms with Gasteiger partial charge in [0.1, 0.15) is 13.2 Å². The molecule has 0 aliphatic carbocycles. The Morgan fingerprint density at radius 2 is 0.580 bits per heavy atom. The second-order valence-corrected chi connectivity index (χ2v) is 19.2. The number of ether oxygens (including phenoxy) is 3. The molecular weight excluding hydrogens is 853 g/mol. The number of hydrogen-bond donors (Lipinski definition) is 0. The smallest absolute Gasteiger partial charge is 0.306 e. The van der Waals surface area contributed by atoms with E-state index < -0.39 is 6.10 Å². The Bertz CT molecular complexity index is 1330. The zero-order valence-electron chi connectivity index (χ0n) is 45.3. The van der Waals surface area contributed by atoms with E-state index in [2.05, 4.69) is 106 Å². The molecule has 0 spiro atoms. The molecule has 396 valence electrons. The van der Waals surface area contributed by atoms with Gasteiger partial charge in [-0.2, -0.15) is 0 Å². The first-order chi connectivity index (χ1) is 34.0.